The Hall–Kier alpha value is -3.88. The molecule has 0 aliphatic heterocycles. The van der Waals surface area contributed by atoms with E-state index >= 15 is 0 Å². The highest BCUT2D eigenvalue weighted by Crippen LogP contribution is 2.23. The van der Waals surface area contributed by atoms with E-state index < -0.39 is 47.6 Å². The predicted molar refractivity (Wildman–Crippen MR) is 144 cm³/mol. The van der Waals surface area contributed by atoms with E-state index in [4.69, 9.17) is 9.47 Å². The van der Waals surface area contributed by atoms with Crippen LogP contribution in [0.2, 0.25) is 0 Å². The van der Waals surface area contributed by atoms with Gasteiger partial charge in [0.15, 0.2) is 0 Å². The van der Waals surface area contributed by atoms with Crippen LogP contribution in [0.4, 0.5) is 4.79 Å². The van der Waals surface area contributed by atoms with E-state index in [0.717, 1.165) is 16.7 Å². The Labute approximate surface area is 224 Å². The Morgan fingerprint density at radius 1 is 0.868 bits per heavy atom. The zero-order chi connectivity index (χ0) is 28.6. The SMILES string of the molecule is COC(=O)[C@H](Cc1ccc(C)cc1)NC(=O)[C@H](C)NC(=O)[C@H](c1ccc(C)cc1)N(C)C(=O)OC(C)(C)C. The van der Waals surface area contributed by atoms with Gasteiger partial charge in [-0.05, 0) is 52.7 Å². The van der Waals surface area contributed by atoms with Gasteiger partial charge in [0.05, 0.1) is 7.11 Å². The van der Waals surface area contributed by atoms with Gasteiger partial charge in [-0.15, -0.1) is 0 Å². The third kappa shape index (κ3) is 8.90. The number of ether oxygens (including phenoxy) is 2. The minimum absolute atomic E-state index is 0.229. The first-order chi connectivity index (χ1) is 17.7. The van der Waals surface area contributed by atoms with Crippen LogP contribution < -0.4 is 10.6 Å². The maximum Gasteiger partial charge on any atom is 0.410 e. The lowest BCUT2D eigenvalue weighted by molar-refractivity contribution is -0.145. The summed E-state index contributed by atoms with van der Waals surface area (Å²) in [7, 11) is 2.72. The second-order valence-electron chi connectivity index (χ2n) is 10.4. The molecule has 9 nitrogen and oxygen atoms in total. The first-order valence-corrected chi connectivity index (χ1v) is 12.5. The second kappa shape index (κ2) is 13.1. The lowest BCUT2D eigenvalue weighted by Crippen LogP contribution is -2.53. The van der Waals surface area contributed by atoms with Crippen molar-refractivity contribution in [2.75, 3.05) is 14.2 Å². The van der Waals surface area contributed by atoms with E-state index in [1.807, 2.05) is 50.2 Å². The number of hydrogen-bond donors (Lipinski definition) is 2. The number of esters is 1. The Morgan fingerprint density at radius 2 is 1.39 bits per heavy atom. The van der Waals surface area contributed by atoms with E-state index in [2.05, 4.69) is 10.6 Å². The van der Waals surface area contributed by atoms with Crippen LogP contribution in [0.5, 0.6) is 0 Å². The maximum atomic E-state index is 13.4. The molecule has 0 bridgehead atoms. The van der Waals surface area contributed by atoms with Crippen molar-refractivity contribution >= 4 is 23.9 Å². The summed E-state index contributed by atoms with van der Waals surface area (Å²) < 4.78 is 10.3. The van der Waals surface area contributed by atoms with Crippen molar-refractivity contribution in [2.24, 2.45) is 0 Å². The van der Waals surface area contributed by atoms with Crippen molar-refractivity contribution in [3.05, 3.63) is 70.8 Å². The van der Waals surface area contributed by atoms with Gasteiger partial charge in [0.1, 0.15) is 23.7 Å². The number of carbonyl (C=O) groups is 4. The van der Waals surface area contributed by atoms with Crippen LogP contribution in [-0.4, -0.2) is 60.6 Å². The number of nitrogens with zero attached hydrogens (tertiary/aromatic N) is 1. The summed E-state index contributed by atoms with van der Waals surface area (Å²) in [6.45, 7) is 10.6. The van der Waals surface area contributed by atoms with Crippen LogP contribution in [0.1, 0.15) is 56.0 Å². The van der Waals surface area contributed by atoms with Crippen LogP contribution in [0, 0.1) is 13.8 Å². The van der Waals surface area contributed by atoms with Crippen LogP contribution in [-0.2, 0) is 30.3 Å². The molecule has 0 heterocycles. The summed E-state index contributed by atoms with van der Waals surface area (Å²) in [6.07, 6.45) is -0.452. The van der Waals surface area contributed by atoms with Crippen molar-refractivity contribution in [3.8, 4) is 0 Å². The van der Waals surface area contributed by atoms with E-state index in [1.54, 1.807) is 32.9 Å². The standard InChI is InChI=1S/C29H39N3O6/c1-18-9-13-21(14-10-18)17-23(27(35)37-8)31-25(33)20(3)30-26(34)24(22-15-11-19(2)12-16-22)32(7)28(36)38-29(4,5)6/h9-16,20,23-24H,17H2,1-8H3,(H,30,34)(H,31,33)/t20-,23-,24-/m0/s1. The van der Waals surface area contributed by atoms with Crippen molar-refractivity contribution in [1.82, 2.24) is 15.5 Å². The third-order valence-electron chi connectivity index (χ3n) is 5.82. The topological polar surface area (TPSA) is 114 Å². The monoisotopic (exact) mass is 525 g/mol. The molecule has 2 aromatic carbocycles. The smallest absolute Gasteiger partial charge is 0.410 e. The Kier molecular flexibility index (Phi) is 10.4. The molecule has 0 aliphatic carbocycles. The maximum absolute atomic E-state index is 13.4. The van der Waals surface area contributed by atoms with E-state index in [9.17, 15) is 19.2 Å². The summed E-state index contributed by atoms with van der Waals surface area (Å²) in [5, 5.41) is 5.34. The molecule has 0 radical (unpaired) electrons. The predicted octanol–water partition coefficient (Wildman–Crippen LogP) is 3.62. The minimum atomic E-state index is -1.05. The van der Waals surface area contributed by atoms with Gasteiger partial charge in [-0.3, -0.25) is 14.5 Å². The number of carbonyl (C=O) groups excluding carboxylic acids is 4. The second-order valence-corrected chi connectivity index (χ2v) is 10.4. The molecule has 0 saturated heterocycles. The van der Waals surface area contributed by atoms with Crippen molar-refractivity contribution in [1.29, 1.82) is 0 Å². The molecule has 2 rings (SSSR count). The van der Waals surface area contributed by atoms with Crippen LogP contribution >= 0.6 is 0 Å². The lowest BCUT2D eigenvalue weighted by atomic mass is 10.0. The van der Waals surface area contributed by atoms with Crippen molar-refractivity contribution in [2.45, 2.75) is 71.7 Å². The number of benzene rings is 2. The van der Waals surface area contributed by atoms with Crippen molar-refractivity contribution < 1.29 is 28.7 Å². The normalized spacial score (nSPS) is 13.5. The van der Waals surface area contributed by atoms with Gasteiger partial charge in [0.25, 0.3) is 0 Å². The lowest BCUT2D eigenvalue weighted by Gasteiger charge is -2.31. The molecule has 3 amide bonds. The van der Waals surface area contributed by atoms with Gasteiger partial charge in [-0.1, -0.05) is 59.7 Å². The molecular weight excluding hydrogens is 486 g/mol. The zero-order valence-corrected chi connectivity index (χ0v) is 23.5. The van der Waals surface area contributed by atoms with Gasteiger partial charge < -0.3 is 20.1 Å². The number of likely N-dealkylation sites (N-methyl/N-ethyl adjacent to an activating group) is 1. The fourth-order valence-corrected chi connectivity index (χ4v) is 3.69. The highest BCUT2D eigenvalue weighted by Gasteiger charge is 2.33. The van der Waals surface area contributed by atoms with E-state index in [-0.39, 0.29) is 6.42 Å². The average Bonchev–Trinajstić information content (AvgIpc) is 2.84. The molecule has 3 atom stereocenters. The van der Waals surface area contributed by atoms with Gasteiger partial charge in [0.2, 0.25) is 11.8 Å². The molecule has 0 fully saturated rings. The largest absolute Gasteiger partial charge is 0.467 e. The molecule has 206 valence electrons. The first kappa shape index (κ1) is 30.3. The zero-order valence-electron chi connectivity index (χ0n) is 23.5. The highest BCUT2D eigenvalue weighted by atomic mass is 16.6. The molecule has 0 saturated carbocycles. The first-order valence-electron chi connectivity index (χ1n) is 12.5. The molecular formula is C29H39N3O6. The molecule has 0 aliphatic rings. The third-order valence-corrected chi connectivity index (χ3v) is 5.82. The Bertz CT molecular complexity index is 1120. The molecule has 2 aromatic rings. The fourth-order valence-electron chi connectivity index (χ4n) is 3.69. The summed E-state index contributed by atoms with van der Waals surface area (Å²) in [6, 6.07) is 11.8. The number of hydrogen-bond acceptors (Lipinski definition) is 6. The van der Waals surface area contributed by atoms with Gasteiger partial charge in [-0.25, -0.2) is 9.59 Å². The number of methoxy groups -OCH3 is 1. The van der Waals surface area contributed by atoms with Gasteiger partial charge in [-0.2, -0.15) is 0 Å². The molecule has 0 aromatic heterocycles. The number of amides is 3. The molecule has 0 spiro atoms. The summed E-state index contributed by atoms with van der Waals surface area (Å²) >= 11 is 0. The summed E-state index contributed by atoms with van der Waals surface area (Å²) in [5.74, 6) is -1.74. The van der Waals surface area contributed by atoms with Crippen LogP contribution in [0.15, 0.2) is 48.5 Å². The number of rotatable bonds is 9. The number of nitrogens with one attached hydrogen (secondary N) is 2. The Morgan fingerprint density at radius 3 is 1.89 bits per heavy atom. The van der Waals surface area contributed by atoms with Gasteiger partial charge in [0, 0.05) is 13.5 Å². The molecule has 2 N–H and O–H groups in total. The quantitative estimate of drug-likeness (QED) is 0.484. The van der Waals surface area contributed by atoms with E-state index in [0.29, 0.717) is 5.56 Å². The molecule has 0 unspecified atom stereocenters. The summed E-state index contributed by atoms with van der Waals surface area (Å²) in [4.78, 5) is 52.8. The van der Waals surface area contributed by atoms with Gasteiger partial charge >= 0.3 is 12.1 Å². The van der Waals surface area contributed by atoms with Crippen LogP contribution in [0.25, 0.3) is 0 Å². The minimum Gasteiger partial charge on any atom is -0.467 e. The van der Waals surface area contributed by atoms with E-state index in [1.165, 1.54) is 26.0 Å². The average molecular weight is 526 g/mol. The summed E-state index contributed by atoms with van der Waals surface area (Å²) in [5.41, 5.74) is 2.71. The van der Waals surface area contributed by atoms with Crippen LogP contribution in [0.3, 0.4) is 0 Å². The number of aryl methyl sites for hydroxylation is 2. The molecule has 9 heteroatoms. The fraction of sp³-hybridized carbons (Fsp3) is 0.448. The Balaban J connectivity index is 2.20. The highest BCUT2D eigenvalue weighted by molar-refractivity contribution is 5.93. The van der Waals surface area contributed by atoms with Crippen molar-refractivity contribution in [3.63, 3.8) is 0 Å². The molecule has 38 heavy (non-hydrogen) atoms.